The van der Waals surface area contributed by atoms with Crippen LogP contribution < -0.4 is 4.72 Å². The lowest BCUT2D eigenvalue weighted by atomic mass is 10.2. The maximum Gasteiger partial charge on any atom is 0.238 e. The molecule has 8 heteroatoms. The normalized spacial score (nSPS) is 11.3. The van der Waals surface area contributed by atoms with Gasteiger partial charge in [0.15, 0.2) is 0 Å². The second-order valence-electron chi connectivity index (χ2n) is 4.77. The van der Waals surface area contributed by atoms with Crippen molar-refractivity contribution in [3.8, 4) is 10.6 Å². The maximum absolute atomic E-state index is 12.2. The van der Waals surface area contributed by atoms with Gasteiger partial charge >= 0.3 is 0 Å². The van der Waals surface area contributed by atoms with Crippen molar-refractivity contribution in [2.45, 2.75) is 5.75 Å². The largest absolute Gasteiger partial charge is 0.257 e. The monoisotopic (exact) mass is 365 g/mol. The van der Waals surface area contributed by atoms with Gasteiger partial charge in [0.2, 0.25) is 15.2 Å². The Morgan fingerprint density at radius 2 is 1.70 bits per heavy atom. The highest BCUT2D eigenvalue weighted by atomic mass is 35.5. The van der Waals surface area contributed by atoms with Gasteiger partial charge in [-0.1, -0.05) is 65.4 Å². The molecule has 0 spiro atoms. The zero-order chi connectivity index (χ0) is 16.3. The van der Waals surface area contributed by atoms with E-state index >= 15 is 0 Å². The molecule has 0 bridgehead atoms. The first kappa shape index (κ1) is 15.9. The van der Waals surface area contributed by atoms with Crippen LogP contribution in [0.25, 0.3) is 10.6 Å². The molecule has 0 aliphatic heterocycles. The van der Waals surface area contributed by atoms with Crippen LogP contribution in [0, 0.1) is 0 Å². The average molecular weight is 366 g/mol. The minimum Gasteiger partial charge on any atom is -0.257 e. The van der Waals surface area contributed by atoms with Crippen LogP contribution in [0.2, 0.25) is 5.02 Å². The van der Waals surface area contributed by atoms with E-state index in [1.165, 1.54) is 11.3 Å². The first-order chi connectivity index (χ1) is 11.0. The molecule has 0 saturated heterocycles. The standard InChI is InChI=1S/C15H12ClN3O2S2/c16-13-8-6-12(7-9-13)14-17-18-15(22-14)19-23(20,21)10-11-4-2-1-3-5-11/h1-9H,10H2,(H,18,19). The van der Waals surface area contributed by atoms with E-state index in [-0.39, 0.29) is 10.9 Å². The van der Waals surface area contributed by atoms with Crippen molar-refractivity contribution in [1.82, 2.24) is 10.2 Å². The third kappa shape index (κ3) is 4.28. The molecule has 0 unspecified atom stereocenters. The summed E-state index contributed by atoms with van der Waals surface area (Å²) < 4.78 is 26.8. The van der Waals surface area contributed by atoms with E-state index in [9.17, 15) is 8.42 Å². The molecule has 23 heavy (non-hydrogen) atoms. The topological polar surface area (TPSA) is 72.0 Å². The van der Waals surface area contributed by atoms with Crippen LogP contribution in [0.3, 0.4) is 0 Å². The summed E-state index contributed by atoms with van der Waals surface area (Å²) in [5.74, 6) is -0.107. The molecule has 0 fully saturated rings. The summed E-state index contributed by atoms with van der Waals surface area (Å²) in [6.07, 6.45) is 0. The molecule has 1 aromatic heterocycles. The van der Waals surface area contributed by atoms with E-state index < -0.39 is 10.0 Å². The first-order valence-corrected chi connectivity index (χ1v) is 9.50. The predicted octanol–water partition coefficient (Wildman–Crippen LogP) is 3.80. The molecule has 3 rings (SSSR count). The van der Waals surface area contributed by atoms with Crippen LogP contribution >= 0.6 is 22.9 Å². The highest BCUT2D eigenvalue weighted by Gasteiger charge is 2.15. The van der Waals surface area contributed by atoms with Crippen LogP contribution in [0.1, 0.15) is 5.56 Å². The SMILES string of the molecule is O=S(=O)(Cc1ccccc1)Nc1nnc(-c2ccc(Cl)cc2)s1. The van der Waals surface area contributed by atoms with E-state index in [0.29, 0.717) is 15.6 Å². The van der Waals surface area contributed by atoms with Crippen molar-refractivity contribution in [3.63, 3.8) is 0 Å². The van der Waals surface area contributed by atoms with Crippen LogP contribution in [0.4, 0.5) is 5.13 Å². The van der Waals surface area contributed by atoms with Gasteiger partial charge in [-0.3, -0.25) is 4.72 Å². The molecule has 0 aliphatic carbocycles. The third-order valence-corrected chi connectivity index (χ3v) is 5.45. The molecule has 0 saturated carbocycles. The van der Waals surface area contributed by atoms with Gasteiger partial charge in [0, 0.05) is 10.6 Å². The van der Waals surface area contributed by atoms with E-state index in [1.807, 2.05) is 18.2 Å². The highest BCUT2D eigenvalue weighted by Crippen LogP contribution is 2.28. The lowest BCUT2D eigenvalue weighted by Gasteiger charge is -2.04. The third-order valence-electron chi connectivity index (χ3n) is 2.96. The summed E-state index contributed by atoms with van der Waals surface area (Å²) in [7, 11) is -3.53. The Hall–Kier alpha value is -1.96. The van der Waals surface area contributed by atoms with Crippen molar-refractivity contribution in [2.24, 2.45) is 0 Å². The Morgan fingerprint density at radius 3 is 2.39 bits per heavy atom. The lowest BCUT2D eigenvalue weighted by molar-refractivity contribution is 0.600. The second kappa shape index (κ2) is 6.66. The molecule has 1 heterocycles. The molecule has 0 radical (unpaired) electrons. The molecule has 1 N–H and O–H groups in total. The van der Waals surface area contributed by atoms with Gasteiger partial charge in [-0.15, -0.1) is 10.2 Å². The van der Waals surface area contributed by atoms with Crippen molar-refractivity contribution >= 4 is 38.1 Å². The Labute approximate surface area is 143 Å². The molecular formula is C15H12ClN3O2S2. The molecule has 0 aliphatic rings. The Kier molecular flexibility index (Phi) is 4.61. The van der Waals surface area contributed by atoms with Crippen molar-refractivity contribution in [1.29, 1.82) is 0 Å². The number of halogens is 1. The maximum atomic E-state index is 12.2. The quantitative estimate of drug-likeness (QED) is 0.746. The van der Waals surface area contributed by atoms with Crippen LogP contribution in [-0.2, 0) is 15.8 Å². The summed E-state index contributed by atoms with van der Waals surface area (Å²) in [5.41, 5.74) is 1.54. The lowest BCUT2D eigenvalue weighted by Crippen LogP contribution is -2.14. The molecule has 0 atom stereocenters. The molecule has 2 aromatic carbocycles. The number of benzene rings is 2. The van der Waals surface area contributed by atoms with Gasteiger partial charge in [-0.2, -0.15) is 0 Å². The number of hydrogen-bond acceptors (Lipinski definition) is 5. The Bertz CT molecular complexity index is 894. The number of sulfonamides is 1. The Morgan fingerprint density at radius 1 is 1.00 bits per heavy atom. The number of anilines is 1. The van der Waals surface area contributed by atoms with Crippen LogP contribution in [0.15, 0.2) is 54.6 Å². The van der Waals surface area contributed by atoms with Crippen molar-refractivity contribution < 1.29 is 8.42 Å². The molecule has 3 aromatic rings. The van der Waals surface area contributed by atoms with E-state index in [0.717, 1.165) is 5.56 Å². The van der Waals surface area contributed by atoms with E-state index in [4.69, 9.17) is 11.6 Å². The number of nitrogens with zero attached hydrogens (tertiary/aromatic N) is 2. The number of nitrogens with one attached hydrogen (secondary N) is 1. The van der Waals surface area contributed by atoms with Crippen LogP contribution in [0.5, 0.6) is 0 Å². The first-order valence-electron chi connectivity index (χ1n) is 6.66. The van der Waals surface area contributed by atoms with Gasteiger partial charge < -0.3 is 0 Å². The molecule has 0 amide bonds. The smallest absolute Gasteiger partial charge is 0.238 e. The summed E-state index contributed by atoms with van der Waals surface area (Å²) >= 11 is 7.02. The molecular weight excluding hydrogens is 354 g/mol. The number of rotatable bonds is 5. The minimum atomic E-state index is -3.53. The van der Waals surface area contributed by atoms with Gasteiger partial charge in [-0.05, 0) is 17.7 Å². The average Bonchev–Trinajstić information content (AvgIpc) is 2.96. The van der Waals surface area contributed by atoms with Crippen LogP contribution in [-0.4, -0.2) is 18.6 Å². The minimum absolute atomic E-state index is 0.107. The summed E-state index contributed by atoms with van der Waals surface area (Å²) in [6, 6.07) is 16.1. The van der Waals surface area contributed by atoms with Crippen molar-refractivity contribution in [3.05, 3.63) is 65.2 Å². The fourth-order valence-electron chi connectivity index (χ4n) is 1.94. The van der Waals surface area contributed by atoms with Gasteiger partial charge in [-0.25, -0.2) is 8.42 Å². The zero-order valence-corrected chi connectivity index (χ0v) is 14.2. The summed E-state index contributed by atoms with van der Waals surface area (Å²) in [6.45, 7) is 0. The highest BCUT2D eigenvalue weighted by molar-refractivity contribution is 7.92. The van der Waals surface area contributed by atoms with E-state index in [2.05, 4.69) is 14.9 Å². The second-order valence-corrected chi connectivity index (χ2v) is 7.90. The van der Waals surface area contributed by atoms with Gasteiger partial charge in [0.25, 0.3) is 0 Å². The van der Waals surface area contributed by atoms with Gasteiger partial charge in [0.05, 0.1) is 5.75 Å². The fraction of sp³-hybridized carbons (Fsp3) is 0.0667. The summed E-state index contributed by atoms with van der Waals surface area (Å²) in [5, 5.41) is 9.39. The molecule has 118 valence electrons. The zero-order valence-electron chi connectivity index (χ0n) is 11.8. The Balaban J connectivity index is 1.74. The van der Waals surface area contributed by atoms with Gasteiger partial charge in [0.1, 0.15) is 5.01 Å². The fourth-order valence-corrected chi connectivity index (χ4v) is 4.22. The summed E-state index contributed by atoms with van der Waals surface area (Å²) in [4.78, 5) is 0. The number of aromatic nitrogens is 2. The van der Waals surface area contributed by atoms with E-state index in [1.54, 1.807) is 36.4 Å². The molecule has 5 nitrogen and oxygen atoms in total. The predicted molar refractivity (Wildman–Crippen MR) is 93.0 cm³/mol. The van der Waals surface area contributed by atoms with Crippen molar-refractivity contribution in [2.75, 3.05) is 4.72 Å². The number of hydrogen-bond donors (Lipinski definition) is 1.